The molecular weight excluding hydrogens is 230 g/mol. The monoisotopic (exact) mass is 249 g/mol. The van der Waals surface area contributed by atoms with E-state index < -0.39 is 11.9 Å². The zero-order chi connectivity index (χ0) is 12.7. The molecule has 1 N–H and O–H groups in total. The van der Waals surface area contributed by atoms with E-state index in [0.717, 1.165) is 11.8 Å². The summed E-state index contributed by atoms with van der Waals surface area (Å²) in [5.41, 5.74) is 0. The van der Waals surface area contributed by atoms with Gasteiger partial charge in [0.25, 0.3) is 0 Å². The molecule has 4 heteroatoms. The Morgan fingerprint density at radius 2 is 1.78 bits per heavy atom. The standard InChI is InChI=1S/C14H19NO3/c15-6-12(14(16)17)7-18-13-10-2-8-1-9(4-10)5-11(13)3-8/h8-13H,1-5,7H2,(H,16,17). The van der Waals surface area contributed by atoms with Crippen molar-refractivity contribution in [1.82, 2.24) is 0 Å². The lowest BCUT2D eigenvalue weighted by Gasteiger charge is -2.54. The first-order valence-electron chi connectivity index (χ1n) is 6.91. The Hall–Kier alpha value is -1.08. The summed E-state index contributed by atoms with van der Waals surface area (Å²) in [5, 5.41) is 17.6. The van der Waals surface area contributed by atoms with Gasteiger partial charge in [-0.1, -0.05) is 0 Å². The molecular formula is C14H19NO3. The van der Waals surface area contributed by atoms with Gasteiger partial charge in [-0.15, -0.1) is 0 Å². The molecule has 0 aromatic heterocycles. The maximum absolute atomic E-state index is 10.8. The number of hydrogen-bond donors (Lipinski definition) is 1. The second-order valence-electron chi connectivity index (χ2n) is 6.25. The highest BCUT2D eigenvalue weighted by Gasteiger charge is 2.48. The number of ether oxygens (including phenoxy) is 1. The Bertz CT molecular complexity index is 359. The Morgan fingerprint density at radius 3 is 2.22 bits per heavy atom. The fraction of sp³-hybridized carbons (Fsp3) is 0.857. The van der Waals surface area contributed by atoms with Crippen LogP contribution >= 0.6 is 0 Å². The van der Waals surface area contributed by atoms with Crippen LogP contribution in [0.5, 0.6) is 0 Å². The van der Waals surface area contributed by atoms with Crippen LogP contribution < -0.4 is 0 Å². The van der Waals surface area contributed by atoms with Crippen LogP contribution in [0.1, 0.15) is 32.1 Å². The predicted octanol–water partition coefficient (Wildman–Crippen LogP) is 2.05. The molecule has 0 amide bonds. The van der Waals surface area contributed by atoms with Crippen molar-refractivity contribution < 1.29 is 14.6 Å². The maximum atomic E-state index is 10.8. The summed E-state index contributed by atoms with van der Waals surface area (Å²) in [6, 6.07) is 1.80. The minimum Gasteiger partial charge on any atom is -0.480 e. The summed E-state index contributed by atoms with van der Waals surface area (Å²) in [6.07, 6.45) is 6.62. The quantitative estimate of drug-likeness (QED) is 0.827. The molecule has 4 saturated carbocycles. The van der Waals surface area contributed by atoms with E-state index in [0.29, 0.717) is 11.8 Å². The number of nitriles is 1. The van der Waals surface area contributed by atoms with Crippen LogP contribution in [0.15, 0.2) is 0 Å². The molecule has 1 atom stereocenters. The first-order chi connectivity index (χ1) is 8.67. The Morgan fingerprint density at radius 1 is 1.22 bits per heavy atom. The van der Waals surface area contributed by atoms with Gasteiger partial charge in [-0.2, -0.15) is 5.26 Å². The summed E-state index contributed by atoms with van der Waals surface area (Å²) >= 11 is 0. The third-order valence-corrected chi connectivity index (χ3v) is 5.05. The van der Waals surface area contributed by atoms with Gasteiger partial charge < -0.3 is 9.84 Å². The van der Waals surface area contributed by atoms with Gasteiger partial charge in [-0.3, -0.25) is 4.79 Å². The van der Waals surface area contributed by atoms with Crippen molar-refractivity contribution in [3.05, 3.63) is 0 Å². The van der Waals surface area contributed by atoms with Crippen LogP contribution in [0.4, 0.5) is 0 Å². The summed E-state index contributed by atoms with van der Waals surface area (Å²) in [6.45, 7) is 0.0544. The zero-order valence-electron chi connectivity index (χ0n) is 10.4. The van der Waals surface area contributed by atoms with Crippen LogP contribution in [0.3, 0.4) is 0 Å². The Kier molecular flexibility index (Phi) is 3.03. The maximum Gasteiger partial charge on any atom is 0.323 e. The van der Waals surface area contributed by atoms with Gasteiger partial charge in [-0.25, -0.2) is 0 Å². The highest BCUT2D eigenvalue weighted by molar-refractivity contribution is 5.72. The highest BCUT2D eigenvalue weighted by Crippen LogP contribution is 2.54. The summed E-state index contributed by atoms with van der Waals surface area (Å²) in [5.74, 6) is 0.935. The van der Waals surface area contributed by atoms with Crippen LogP contribution in [0.2, 0.25) is 0 Å². The average molecular weight is 249 g/mol. The minimum absolute atomic E-state index is 0.0544. The normalized spacial score (nSPS) is 42.5. The van der Waals surface area contributed by atoms with E-state index in [1.165, 1.54) is 32.1 Å². The summed E-state index contributed by atoms with van der Waals surface area (Å²) in [7, 11) is 0. The molecule has 4 aliphatic rings. The fourth-order valence-electron chi connectivity index (χ4n) is 4.52. The van der Waals surface area contributed by atoms with E-state index in [9.17, 15) is 4.79 Å². The second-order valence-corrected chi connectivity index (χ2v) is 6.25. The molecule has 0 saturated heterocycles. The molecule has 0 aromatic carbocycles. The van der Waals surface area contributed by atoms with Gasteiger partial charge in [0.15, 0.2) is 5.92 Å². The zero-order valence-corrected chi connectivity index (χ0v) is 10.4. The molecule has 18 heavy (non-hydrogen) atoms. The molecule has 4 bridgehead atoms. The molecule has 4 nitrogen and oxygen atoms in total. The Labute approximate surface area is 107 Å². The molecule has 0 heterocycles. The number of aliphatic carboxylic acids is 1. The number of carbonyl (C=O) groups is 1. The average Bonchev–Trinajstić information content (AvgIpc) is 2.31. The molecule has 4 aliphatic carbocycles. The van der Waals surface area contributed by atoms with Crippen LogP contribution in [-0.2, 0) is 9.53 Å². The lowest BCUT2D eigenvalue weighted by Crippen LogP contribution is -2.49. The van der Waals surface area contributed by atoms with Gasteiger partial charge in [0.05, 0.1) is 18.8 Å². The van der Waals surface area contributed by atoms with E-state index in [1.807, 2.05) is 0 Å². The largest absolute Gasteiger partial charge is 0.480 e. The van der Waals surface area contributed by atoms with Crippen LogP contribution in [-0.4, -0.2) is 23.8 Å². The predicted molar refractivity (Wildman–Crippen MR) is 63.5 cm³/mol. The lowest BCUT2D eigenvalue weighted by atomic mass is 9.55. The number of rotatable bonds is 4. The van der Waals surface area contributed by atoms with Crippen molar-refractivity contribution in [2.45, 2.75) is 38.2 Å². The third-order valence-electron chi connectivity index (χ3n) is 5.05. The first-order valence-corrected chi connectivity index (χ1v) is 6.91. The highest BCUT2D eigenvalue weighted by atomic mass is 16.5. The topological polar surface area (TPSA) is 70.3 Å². The van der Waals surface area contributed by atoms with Gasteiger partial charge in [-0.05, 0) is 55.8 Å². The lowest BCUT2D eigenvalue weighted by molar-refractivity contribution is -0.151. The van der Waals surface area contributed by atoms with Crippen molar-refractivity contribution in [1.29, 1.82) is 5.26 Å². The van der Waals surface area contributed by atoms with Gasteiger partial charge in [0, 0.05) is 0 Å². The molecule has 1 unspecified atom stereocenters. The fourth-order valence-corrected chi connectivity index (χ4v) is 4.52. The first kappa shape index (κ1) is 12.0. The van der Waals surface area contributed by atoms with E-state index in [4.69, 9.17) is 15.1 Å². The minimum atomic E-state index is -1.07. The Balaban J connectivity index is 1.60. The van der Waals surface area contributed by atoms with Crippen molar-refractivity contribution in [3.63, 3.8) is 0 Å². The van der Waals surface area contributed by atoms with Crippen molar-refractivity contribution in [2.24, 2.45) is 29.6 Å². The van der Waals surface area contributed by atoms with Gasteiger partial charge in [0.1, 0.15) is 0 Å². The molecule has 0 radical (unpaired) electrons. The van der Waals surface area contributed by atoms with Crippen molar-refractivity contribution in [3.8, 4) is 6.07 Å². The number of carboxylic acid groups (broad SMARTS) is 1. The summed E-state index contributed by atoms with van der Waals surface area (Å²) in [4.78, 5) is 10.8. The van der Waals surface area contributed by atoms with E-state index in [-0.39, 0.29) is 12.7 Å². The van der Waals surface area contributed by atoms with E-state index >= 15 is 0 Å². The van der Waals surface area contributed by atoms with Crippen molar-refractivity contribution in [2.75, 3.05) is 6.61 Å². The molecule has 0 spiro atoms. The molecule has 0 aromatic rings. The molecule has 0 aliphatic heterocycles. The SMILES string of the molecule is N#CC(COC1C2CC3CC(C2)CC1C3)C(=O)O. The number of nitrogens with zero attached hydrogens (tertiary/aromatic N) is 1. The smallest absolute Gasteiger partial charge is 0.323 e. The molecule has 4 rings (SSSR count). The van der Waals surface area contributed by atoms with E-state index in [2.05, 4.69) is 0 Å². The van der Waals surface area contributed by atoms with Gasteiger partial charge >= 0.3 is 5.97 Å². The number of hydrogen-bond acceptors (Lipinski definition) is 3. The van der Waals surface area contributed by atoms with E-state index in [1.54, 1.807) is 6.07 Å². The van der Waals surface area contributed by atoms with Crippen molar-refractivity contribution >= 4 is 5.97 Å². The summed E-state index contributed by atoms with van der Waals surface area (Å²) < 4.78 is 5.83. The van der Waals surface area contributed by atoms with Gasteiger partial charge in [0.2, 0.25) is 0 Å². The van der Waals surface area contributed by atoms with Crippen LogP contribution in [0, 0.1) is 40.9 Å². The van der Waals surface area contributed by atoms with Crippen LogP contribution in [0.25, 0.3) is 0 Å². The molecule has 4 fully saturated rings. The second kappa shape index (κ2) is 4.55. The number of carboxylic acids is 1. The molecule has 98 valence electrons. The third kappa shape index (κ3) is 2.01.